The predicted octanol–water partition coefficient (Wildman–Crippen LogP) is 3.40. The molecule has 2 atom stereocenters. The summed E-state index contributed by atoms with van der Waals surface area (Å²) in [6.45, 7) is 2.81. The zero-order valence-corrected chi connectivity index (χ0v) is 15.4. The van der Waals surface area contributed by atoms with Gasteiger partial charge >= 0.3 is 0 Å². The van der Waals surface area contributed by atoms with E-state index >= 15 is 0 Å². The summed E-state index contributed by atoms with van der Waals surface area (Å²) in [6, 6.07) is 13.9. The second-order valence-electron chi connectivity index (χ2n) is 6.09. The van der Waals surface area contributed by atoms with E-state index in [0.717, 1.165) is 23.1 Å². The normalized spacial score (nSPS) is 19.6. The van der Waals surface area contributed by atoms with Crippen LogP contribution < -0.4 is 4.74 Å². The average molecular weight is 410 g/mol. The van der Waals surface area contributed by atoms with Gasteiger partial charge < -0.3 is 14.6 Å². The van der Waals surface area contributed by atoms with Crippen LogP contribution in [-0.2, 0) is 4.74 Å². The topological polar surface area (TPSA) is 41.9 Å². The third kappa shape index (κ3) is 5.51. The summed E-state index contributed by atoms with van der Waals surface area (Å²) >= 11 is 3.48. The molecule has 4 nitrogen and oxygen atoms in total. The maximum Gasteiger partial charge on any atom is 0.123 e. The highest BCUT2D eigenvalue weighted by Crippen LogP contribution is 2.24. The molecule has 134 valence electrons. The first-order chi connectivity index (χ1) is 12.1. The number of β-amino-alcohol motifs (C(OH)–C–C–N with tert-alkyl or cyclic N) is 1. The predicted molar refractivity (Wildman–Crippen MR) is 97.2 cm³/mol. The molecule has 1 fully saturated rings. The number of halogens is 2. The van der Waals surface area contributed by atoms with Gasteiger partial charge in [-0.25, -0.2) is 4.39 Å². The average Bonchev–Trinajstić information content (AvgIpc) is 2.61. The molecule has 6 heteroatoms. The van der Waals surface area contributed by atoms with Gasteiger partial charge in [0.1, 0.15) is 24.3 Å². The van der Waals surface area contributed by atoms with Crippen LogP contribution in [0, 0.1) is 5.82 Å². The van der Waals surface area contributed by atoms with E-state index in [0.29, 0.717) is 18.9 Å². The van der Waals surface area contributed by atoms with Crippen molar-refractivity contribution in [1.29, 1.82) is 0 Å². The van der Waals surface area contributed by atoms with Crippen LogP contribution in [0.3, 0.4) is 0 Å². The van der Waals surface area contributed by atoms with E-state index in [2.05, 4.69) is 26.9 Å². The first-order valence-electron chi connectivity index (χ1n) is 8.26. The lowest BCUT2D eigenvalue weighted by Crippen LogP contribution is -2.43. The van der Waals surface area contributed by atoms with E-state index < -0.39 is 6.10 Å². The van der Waals surface area contributed by atoms with Gasteiger partial charge in [0.05, 0.1) is 12.7 Å². The molecule has 0 spiro atoms. The second-order valence-corrected chi connectivity index (χ2v) is 7.01. The number of morpholine rings is 1. The van der Waals surface area contributed by atoms with Crippen LogP contribution in [0.25, 0.3) is 0 Å². The van der Waals surface area contributed by atoms with Crippen molar-refractivity contribution in [1.82, 2.24) is 4.90 Å². The van der Waals surface area contributed by atoms with Gasteiger partial charge in [0.2, 0.25) is 0 Å². The Bertz CT molecular complexity index is 683. The number of rotatable bonds is 6. The van der Waals surface area contributed by atoms with Crippen molar-refractivity contribution in [2.45, 2.75) is 12.2 Å². The quantitative estimate of drug-likeness (QED) is 0.793. The molecule has 0 bridgehead atoms. The Labute approximate surface area is 155 Å². The fraction of sp³-hybridized carbons (Fsp3) is 0.368. The van der Waals surface area contributed by atoms with Gasteiger partial charge in [0.15, 0.2) is 0 Å². The van der Waals surface area contributed by atoms with Gasteiger partial charge in [0, 0.05) is 24.1 Å². The zero-order valence-electron chi connectivity index (χ0n) is 13.8. The molecule has 0 amide bonds. The minimum absolute atomic E-state index is 0.00327. The molecular weight excluding hydrogens is 389 g/mol. The summed E-state index contributed by atoms with van der Waals surface area (Å²) in [5, 5.41) is 10.2. The molecule has 0 aromatic heterocycles. The molecule has 1 saturated heterocycles. The van der Waals surface area contributed by atoms with E-state index in [1.54, 1.807) is 12.1 Å². The first kappa shape index (κ1) is 18.3. The summed E-state index contributed by atoms with van der Waals surface area (Å²) in [6.07, 6.45) is -0.622. The Morgan fingerprint density at radius 1 is 1.28 bits per heavy atom. The number of nitrogens with zero attached hydrogens (tertiary/aromatic N) is 1. The third-order valence-electron chi connectivity index (χ3n) is 4.10. The first-order valence-corrected chi connectivity index (χ1v) is 9.05. The molecule has 3 rings (SSSR count). The van der Waals surface area contributed by atoms with Gasteiger partial charge in [-0.3, -0.25) is 4.90 Å². The molecule has 0 radical (unpaired) electrons. The third-order valence-corrected chi connectivity index (χ3v) is 4.59. The molecule has 1 aliphatic heterocycles. The van der Waals surface area contributed by atoms with E-state index in [1.807, 2.05) is 18.2 Å². The SMILES string of the molecule is OC(COc1ccc(F)cc1)CN1CCOC(c2cccc(Br)c2)C1. The van der Waals surface area contributed by atoms with Crippen molar-refractivity contribution in [2.24, 2.45) is 0 Å². The number of hydrogen-bond donors (Lipinski definition) is 1. The van der Waals surface area contributed by atoms with Crippen molar-refractivity contribution < 1.29 is 19.0 Å². The van der Waals surface area contributed by atoms with E-state index in [-0.39, 0.29) is 18.5 Å². The fourth-order valence-corrected chi connectivity index (χ4v) is 3.27. The molecule has 1 aliphatic rings. The maximum absolute atomic E-state index is 12.9. The largest absolute Gasteiger partial charge is 0.491 e. The van der Waals surface area contributed by atoms with E-state index in [1.165, 1.54) is 12.1 Å². The number of hydrogen-bond acceptors (Lipinski definition) is 4. The Morgan fingerprint density at radius 2 is 2.08 bits per heavy atom. The van der Waals surface area contributed by atoms with Crippen LogP contribution in [0.5, 0.6) is 5.75 Å². The van der Waals surface area contributed by atoms with Crippen LogP contribution in [0.4, 0.5) is 4.39 Å². The van der Waals surface area contributed by atoms with Crippen molar-refractivity contribution in [3.8, 4) is 5.75 Å². The van der Waals surface area contributed by atoms with Crippen molar-refractivity contribution >= 4 is 15.9 Å². The van der Waals surface area contributed by atoms with Crippen LogP contribution in [0.2, 0.25) is 0 Å². The van der Waals surface area contributed by atoms with Gasteiger partial charge in [-0.05, 0) is 42.0 Å². The lowest BCUT2D eigenvalue weighted by molar-refractivity contribution is -0.0459. The molecule has 2 aromatic rings. The summed E-state index contributed by atoms with van der Waals surface area (Å²) in [7, 11) is 0. The molecule has 25 heavy (non-hydrogen) atoms. The van der Waals surface area contributed by atoms with Crippen LogP contribution in [0.1, 0.15) is 11.7 Å². The highest BCUT2D eigenvalue weighted by atomic mass is 79.9. The molecule has 1 N–H and O–H groups in total. The molecule has 0 aliphatic carbocycles. The van der Waals surface area contributed by atoms with Crippen LogP contribution in [0.15, 0.2) is 53.0 Å². The molecule has 0 saturated carbocycles. The monoisotopic (exact) mass is 409 g/mol. The minimum Gasteiger partial charge on any atom is -0.491 e. The van der Waals surface area contributed by atoms with Gasteiger partial charge in [0.25, 0.3) is 0 Å². The summed E-state index contributed by atoms with van der Waals surface area (Å²) in [4.78, 5) is 2.17. The number of aliphatic hydroxyl groups is 1. The van der Waals surface area contributed by atoms with Gasteiger partial charge in [-0.1, -0.05) is 28.1 Å². The van der Waals surface area contributed by atoms with Crippen LogP contribution >= 0.6 is 15.9 Å². The minimum atomic E-state index is -0.619. The lowest BCUT2D eigenvalue weighted by atomic mass is 10.1. The number of benzene rings is 2. The molecular formula is C19H21BrFNO3. The van der Waals surface area contributed by atoms with Crippen molar-refractivity contribution in [3.05, 3.63) is 64.4 Å². The maximum atomic E-state index is 12.9. The fourth-order valence-electron chi connectivity index (χ4n) is 2.85. The number of ether oxygens (including phenoxy) is 2. The summed E-state index contributed by atoms with van der Waals surface area (Å²) in [5.41, 5.74) is 1.12. The Balaban J connectivity index is 1.49. The Morgan fingerprint density at radius 3 is 2.84 bits per heavy atom. The number of aliphatic hydroxyl groups excluding tert-OH is 1. The molecule has 2 unspecified atom stereocenters. The van der Waals surface area contributed by atoms with Crippen molar-refractivity contribution in [3.63, 3.8) is 0 Å². The van der Waals surface area contributed by atoms with Gasteiger partial charge in [-0.15, -0.1) is 0 Å². The summed E-state index contributed by atoms with van der Waals surface area (Å²) < 4.78 is 25.3. The Kier molecular flexibility index (Phi) is 6.42. The smallest absolute Gasteiger partial charge is 0.123 e. The van der Waals surface area contributed by atoms with E-state index in [4.69, 9.17) is 9.47 Å². The molecule has 2 aromatic carbocycles. The molecule has 1 heterocycles. The Hall–Kier alpha value is -1.47. The zero-order chi connectivity index (χ0) is 17.6. The standard InChI is InChI=1S/C19H21BrFNO3/c20-15-3-1-2-14(10-15)19-12-22(8-9-24-19)11-17(23)13-25-18-6-4-16(21)5-7-18/h1-7,10,17,19,23H,8-9,11-13H2. The highest BCUT2D eigenvalue weighted by molar-refractivity contribution is 9.10. The van der Waals surface area contributed by atoms with Crippen molar-refractivity contribution in [2.75, 3.05) is 32.8 Å². The highest BCUT2D eigenvalue weighted by Gasteiger charge is 2.23. The second kappa shape index (κ2) is 8.76. The summed E-state index contributed by atoms with van der Waals surface area (Å²) in [5.74, 6) is 0.245. The van der Waals surface area contributed by atoms with E-state index in [9.17, 15) is 9.50 Å². The lowest BCUT2D eigenvalue weighted by Gasteiger charge is -2.34. The van der Waals surface area contributed by atoms with Gasteiger partial charge in [-0.2, -0.15) is 0 Å². The van der Waals surface area contributed by atoms with Crippen LogP contribution in [-0.4, -0.2) is 49.0 Å².